The molecule has 4 heteroatoms. The van der Waals surface area contributed by atoms with Gasteiger partial charge in [0, 0.05) is 4.48 Å². The quantitative estimate of drug-likeness (QED) is 0.638. The lowest BCUT2D eigenvalue weighted by Crippen LogP contribution is -1.95. The highest BCUT2D eigenvalue weighted by molar-refractivity contribution is 9.12. The van der Waals surface area contributed by atoms with E-state index in [2.05, 4.69) is 31.9 Å². The lowest BCUT2D eigenvalue weighted by Gasteiger charge is -1.97. The van der Waals surface area contributed by atoms with E-state index in [9.17, 15) is 4.79 Å². The van der Waals surface area contributed by atoms with Crippen LogP contribution in [0.15, 0.2) is 20.3 Å². The van der Waals surface area contributed by atoms with Crippen LogP contribution in [-0.2, 0) is 9.53 Å². The number of hydrogen-bond donors (Lipinski definition) is 0. The second-order valence-corrected chi connectivity index (χ2v) is 4.17. The average Bonchev–Trinajstić information content (AvgIpc) is 2.17. The highest BCUT2D eigenvalue weighted by Crippen LogP contribution is 2.34. The summed E-state index contributed by atoms with van der Waals surface area (Å²) >= 11 is 6.49. The van der Waals surface area contributed by atoms with Gasteiger partial charge in [-0.05, 0) is 29.8 Å². The first-order valence-electron chi connectivity index (χ1n) is 2.99. The van der Waals surface area contributed by atoms with Crippen molar-refractivity contribution in [3.63, 3.8) is 0 Å². The van der Waals surface area contributed by atoms with Crippen LogP contribution in [0.2, 0.25) is 0 Å². The van der Waals surface area contributed by atoms with Gasteiger partial charge in [-0.1, -0.05) is 15.9 Å². The van der Waals surface area contributed by atoms with Crippen molar-refractivity contribution in [1.82, 2.24) is 0 Å². The second-order valence-electron chi connectivity index (χ2n) is 2.19. The van der Waals surface area contributed by atoms with Crippen LogP contribution in [0.4, 0.5) is 0 Å². The monoisotopic (exact) mass is 280 g/mol. The van der Waals surface area contributed by atoms with Crippen molar-refractivity contribution < 1.29 is 9.53 Å². The molecule has 0 saturated heterocycles. The summed E-state index contributed by atoms with van der Waals surface area (Å²) in [6, 6.07) is 0. The molecule has 1 aliphatic heterocycles. The van der Waals surface area contributed by atoms with Crippen LogP contribution >= 0.6 is 31.9 Å². The predicted octanol–water partition coefficient (Wildman–Crippen LogP) is 2.84. The van der Waals surface area contributed by atoms with Crippen LogP contribution in [0.1, 0.15) is 13.8 Å². The summed E-state index contributed by atoms with van der Waals surface area (Å²) in [6.07, 6.45) is 0. The van der Waals surface area contributed by atoms with Gasteiger partial charge in [0.05, 0.1) is 10.1 Å². The Labute approximate surface area is 81.6 Å². The van der Waals surface area contributed by atoms with Gasteiger partial charge in [0.1, 0.15) is 0 Å². The van der Waals surface area contributed by atoms with Gasteiger partial charge in [0.25, 0.3) is 0 Å². The fourth-order valence-corrected chi connectivity index (χ4v) is 1.78. The van der Waals surface area contributed by atoms with E-state index in [1.54, 1.807) is 6.92 Å². The highest BCUT2D eigenvalue weighted by Gasteiger charge is 2.25. The number of allylic oxidation sites excluding steroid dienone is 2. The molecule has 60 valence electrons. The fourth-order valence-electron chi connectivity index (χ4n) is 0.695. The fraction of sp³-hybridized carbons (Fsp3) is 0.286. The Balaban J connectivity index is 3.15. The molecule has 0 aromatic carbocycles. The van der Waals surface area contributed by atoms with Crippen LogP contribution in [0.3, 0.4) is 0 Å². The maximum Gasteiger partial charge on any atom is 0.340 e. The Morgan fingerprint density at radius 1 is 1.55 bits per heavy atom. The largest absolute Gasteiger partial charge is 0.421 e. The molecule has 0 unspecified atom stereocenters. The molecule has 0 aliphatic carbocycles. The minimum atomic E-state index is -0.286. The molecule has 0 N–H and O–H groups in total. The van der Waals surface area contributed by atoms with Crippen molar-refractivity contribution in [2.45, 2.75) is 13.8 Å². The van der Waals surface area contributed by atoms with E-state index in [-0.39, 0.29) is 5.97 Å². The zero-order valence-corrected chi connectivity index (χ0v) is 9.24. The Morgan fingerprint density at radius 3 is 2.27 bits per heavy atom. The number of cyclic esters (lactones) is 1. The Bertz CT molecular complexity index is 272. The van der Waals surface area contributed by atoms with Crippen molar-refractivity contribution >= 4 is 37.8 Å². The zero-order chi connectivity index (χ0) is 8.59. The highest BCUT2D eigenvalue weighted by atomic mass is 79.9. The molecule has 0 aromatic rings. The first kappa shape index (κ1) is 9.00. The molecule has 1 heterocycles. The van der Waals surface area contributed by atoms with Gasteiger partial charge < -0.3 is 4.74 Å². The molecular formula is C7H6Br2O2. The standard InChI is InChI=1S/C7H6Br2O2/c1-3-5(9)6(4(2)8)11-7(3)10/h1-2H3/b6-4-. The van der Waals surface area contributed by atoms with Gasteiger partial charge in [0.15, 0.2) is 5.76 Å². The Kier molecular flexibility index (Phi) is 2.54. The van der Waals surface area contributed by atoms with Gasteiger partial charge in [-0.3, -0.25) is 0 Å². The van der Waals surface area contributed by atoms with Gasteiger partial charge in [-0.25, -0.2) is 4.79 Å². The molecule has 11 heavy (non-hydrogen) atoms. The zero-order valence-electron chi connectivity index (χ0n) is 6.07. The summed E-state index contributed by atoms with van der Waals surface area (Å²) in [7, 11) is 0. The van der Waals surface area contributed by atoms with Crippen molar-refractivity contribution in [2.24, 2.45) is 0 Å². The molecule has 0 atom stereocenters. The number of halogens is 2. The first-order chi connectivity index (χ1) is 5.04. The number of carbonyl (C=O) groups excluding carboxylic acids is 1. The maximum atomic E-state index is 10.9. The molecule has 2 nitrogen and oxygen atoms in total. The molecule has 0 radical (unpaired) electrons. The van der Waals surface area contributed by atoms with Gasteiger partial charge in [-0.15, -0.1) is 0 Å². The molecular weight excluding hydrogens is 276 g/mol. The second kappa shape index (κ2) is 3.11. The minimum Gasteiger partial charge on any atom is -0.421 e. The molecule has 1 rings (SSSR count). The average molecular weight is 282 g/mol. The predicted molar refractivity (Wildman–Crippen MR) is 49.3 cm³/mol. The number of esters is 1. The van der Waals surface area contributed by atoms with E-state index in [0.717, 1.165) is 8.96 Å². The van der Waals surface area contributed by atoms with E-state index in [0.29, 0.717) is 11.3 Å². The number of hydrogen-bond acceptors (Lipinski definition) is 2. The lowest BCUT2D eigenvalue weighted by molar-refractivity contribution is -0.133. The third kappa shape index (κ3) is 1.56. The van der Waals surface area contributed by atoms with E-state index < -0.39 is 0 Å². The molecule has 0 amide bonds. The maximum absolute atomic E-state index is 10.9. The molecule has 0 spiro atoms. The van der Waals surface area contributed by atoms with Crippen LogP contribution < -0.4 is 0 Å². The van der Waals surface area contributed by atoms with Crippen LogP contribution in [0.25, 0.3) is 0 Å². The molecule has 0 aromatic heterocycles. The first-order valence-corrected chi connectivity index (χ1v) is 4.58. The van der Waals surface area contributed by atoms with Crippen molar-refractivity contribution in [3.05, 3.63) is 20.3 Å². The normalized spacial score (nSPS) is 22.4. The van der Waals surface area contributed by atoms with Crippen LogP contribution in [0.5, 0.6) is 0 Å². The van der Waals surface area contributed by atoms with E-state index in [1.165, 1.54) is 0 Å². The minimum absolute atomic E-state index is 0.286. The van der Waals surface area contributed by atoms with Gasteiger partial charge in [0.2, 0.25) is 0 Å². The van der Waals surface area contributed by atoms with E-state index >= 15 is 0 Å². The molecule has 0 fully saturated rings. The topological polar surface area (TPSA) is 26.3 Å². The smallest absolute Gasteiger partial charge is 0.340 e. The summed E-state index contributed by atoms with van der Waals surface area (Å²) in [6.45, 7) is 3.54. The van der Waals surface area contributed by atoms with Crippen molar-refractivity contribution in [2.75, 3.05) is 0 Å². The van der Waals surface area contributed by atoms with E-state index in [1.807, 2.05) is 6.92 Å². The van der Waals surface area contributed by atoms with E-state index in [4.69, 9.17) is 4.74 Å². The third-order valence-electron chi connectivity index (χ3n) is 1.34. The van der Waals surface area contributed by atoms with Gasteiger partial charge in [-0.2, -0.15) is 0 Å². The number of ether oxygens (including phenoxy) is 1. The SMILES string of the molecule is CC1=C(Br)/C(=C(\C)Br)OC1=O. The third-order valence-corrected chi connectivity index (χ3v) is 2.66. The Morgan fingerprint density at radius 2 is 2.09 bits per heavy atom. The number of carbonyl (C=O) groups is 1. The number of rotatable bonds is 0. The molecule has 0 saturated carbocycles. The summed E-state index contributed by atoms with van der Waals surface area (Å²) in [4.78, 5) is 10.9. The molecule has 1 aliphatic rings. The van der Waals surface area contributed by atoms with Crippen molar-refractivity contribution in [3.8, 4) is 0 Å². The summed E-state index contributed by atoms with van der Waals surface area (Å²) in [5, 5.41) is 0. The summed E-state index contributed by atoms with van der Waals surface area (Å²) < 4.78 is 6.47. The van der Waals surface area contributed by atoms with Crippen molar-refractivity contribution in [1.29, 1.82) is 0 Å². The molecule has 0 bridgehead atoms. The lowest BCUT2D eigenvalue weighted by atomic mass is 10.3. The van der Waals surface area contributed by atoms with Crippen LogP contribution in [-0.4, -0.2) is 5.97 Å². The summed E-state index contributed by atoms with van der Waals surface area (Å²) in [5.74, 6) is 0.290. The Hall–Kier alpha value is -0.0900. The summed E-state index contributed by atoms with van der Waals surface area (Å²) in [5.41, 5.74) is 0.610. The van der Waals surface area contributed by atoms with Gasteiger partial charge >= 0.3 is 5.97 Å². The van der Waals surface area contributed by atoms with Crippen LogP contribution in [0, 0.1) is 0 Å².